The molecule has 0 aromatic carbocycles. The summed E-state index contributed by atoms with van der Waals surface area (Å²) in [5.41, 5.74) is 7.10. The zero-order chi connectivity index (χ0) is 21.7. The summed E-state index contributed by atoms with van der Waals surface area (Å²) in [7, 11) is 0. The van der Waals surface area contributed by atoms with Crippen LogP contribution in [-0.2, 0) is 22.4 Å². The molecule has 0 radical (unpaired) electrons. The lowest BCUT2D eigenvalue weighted by Gasteiger charge is -2.21. The van der Waals surface area contributed by atoms with Crippen LogP contribution in [0.25, 0.3) is 0 Å². The summed E-state index contributed by atoms with van der Waals surface area (Å²) in [6.45, 7) is 7.12. The van der Waals surface area contributed by atoms with Crippen LogP contribution in [0.1, 0.15) is 53.9 Å². The fourth-order valence-electron chi connectivity index (χ4n) is 3.92. The number of ether oxygens (including phenoxy) is 1. The van der Waals surface area contributed by atoms with Gasteiger partial charge in [0.05, 0.1) is 18.7 Å². The van der Waals surface area contributed by atoms with Crippen molar-refractivity contribution in [3.8, 4) is 0 Å². The Morgan fingerprint density at radius 1 is 1.10 bits per heavy atom. The van der Waals surface area contributed by atoms with Crippen molar-refractivity contribution < 1.29 is 19.1 Å². The van der Waals surface area contributed by atoms with Crippen molar-refractivity contribution in [3.05, 3.63) is 16.0 Å². The summed E-state index contributed by atoms with van der Waals surface area (Å²) in [6.07, 6.45) is 4.42. The van der Waals surface area contributed by atoms with Gasteiger partial charge in [-0.25, -0.2) is 4.79 Å². The van der Waals surface area contributed by atoms with Gasteiger partial charge in [-0.15, -0.1) is 11.3 Å². The molecule has 1 fully saturated rings. The van der Waals surface area contributed by atoms with Gasteiger partial charge in [0.1, 0.15) is 5.00 Å². The van der Waals surface area contributed by atoms with Crippen LogP contribution >= 0.6 is 11.3 Å². The number of hydrogen-bond acceptors (Lipinski definition) is 6. The van der Waals surface area contributed by atoms with E-state index in [2.05, 4.69) is 5.32 Å². The number of aryl methyl sites for hydroxylation is 1. The van der Waals surface area contributed by atoms with Crippen molar-refractivity contribution in [1.82, 2.24) is 9.80 Å². The van der Waals surface area contributed by atoms with Gasteiger partial charge in [0, 0.05) is 31.1 Å². The van der Waals surface area contributed by atoms with Gasteiger partial charge in [-0.1, -0.05) is 13.8 Å². The van der Waals surface area contributed by atoms with Gasteiger partial charge in [0.15, 0.2) is 0 Å². The largest absolute Gasteiger partial charge is 0.449 e. The summed E-state index contributed by atoms with van der Waals surface area (Å²) in [5.74, 6) is -0.337. The first-order valence-corrected chi connectivity index (χ1v) is 11.5. The van der Waals surface area contributed by atoms with E-state index in [1.54, 1.807) is 4.90 Å². The topological polar surface area (TPSA) is 105 Å². The van der Waals surface area contributed by atoms with Crippen LogP contribution in [-0.4, -0.2) is 67.0 Å². The number of primary amides is 1. The molecule has 3 amide bonds. The molecule has 0 saturated carbocycles. The summed E-state index contributed by atoms with van der Waals surface area (Å²) >= 11 is 1.48. The molecule has 0 spiro atoms. The van der Waals surface area contributed by atoms with E-state index in [0.717, 1.165) is 49.1 Å². The van der Waals surface area contributed by atoms with Gasteiger partial charge in [0.25, 0.3) is 5.91 Å². The van der Waals surface area contributed by atoms with E-state index in [1.165, 1.54) is 11.3 Å². The Hall–Kier alpha value is -2.13. The lowest BCUT2D eigenvalue weighted by molar-refractivity contribution is -0.117. The standard InChI is InChI=1S/C21H32N4O4S/c1-14(2)13-29-21(28)25-9-5-8-24(10-11-25)12-17(26)23-20-18(19(22)27)15-6-3-4-7-16(15)30-20/h14H,3-13H2,1-2H3,(H2,22,27)(H,23,26). The highest BCUT2D eigenvalue weighted by atomic mass is 32.1. The number of thiophene rings is 1. The van der Waals surface area contributed by atoms with Crippen molar-refractivity contribution >= 4 is 34.2 Å². The number of nitrogens with one attached hydrogen (secondary N) is 1. The lowest BCUT2D eigenvalue weighted by Crippen LogP contribution is -2.38. The zero-order valence-corrected chi connectivity index (χ0v) is 18.7. The van der Waals surface area contributed by atoms with E-state index < -0.39 is 5.91 Å². The van der Waals surface area contributed by atoms with Crippen molar-refractivity contribution in [2.24, 2.45) is 11.7 Å². The molecule has 2 heterocycles. The summed E-state index contributed by atoms with van der Waals surface area (Å²) < 4.78 is 5.32. The number of nitrogens with two attached hydrogens (primary N) is 1. The van der Waals surface area contributed by atoms with Crippen LogP contribution in [0.4, 0.5) is 9.80 Å². The van der Waals surface area contributed by atoms with Gasteiger partial charge >= 0.3 is 6.09 Å². The van der Waals surface area contributed by atoms with Crippen molar-refractivity contribution in [3.63, 3.8) is 0 Å². The molecule has 3 N–H and O–H groups in total. The van der Waals surface area contributed by atoms with Gasteiger partial charge in [-0.2, -0.15) is 0 Å². The van der Waals surface area contributed by atoms with E-state index in [4.69, 9.17) is 10.5 Å². The summed E-state index contributed by atoms with van der Waals surface area (Å²) in [6, 6.07) is 0. The normalized spacial score (nSPS) is 17.4. The zero-order valence-electron chi connectivity index (χ0n) is 17.9. The number of anilines is 1. The maximum absolute atomic E-state index is 12.7. The molecule has 2 aliphatic rings. The molecule has 0 unspecified atom stereocenters. The Bertz CT molecular complexity index is 792. The molecule has 9 heteroatoms. The molecule has 1 aromatic rings. The first-order chi connectivity index (χ1) is 14.3. The Morgan fingerprint density at radius 3 is 2.60 bits per heavy atom. The van der Waals surface area contributed by atoms with Crippen LogP contribution in [0.15, 0.2) is 0 Å². The number of amides is 3. The van der Waals surface area contributed by atoms with Crippen LogP contribution in [0.2, 0.25) is 0 Å². The minimum absolute atomic E-state index is 0.160. The van der Waals surface area contributed by atoms with Crippen LogP contribution in [0.3, 0.4) is 0 Å². The highest BCUT2D eigenvalue weighted by Crippen LogP contribution is 2.37. The monoisotopic (exact) mass is 436 g/mol. The second-order valence-corrected chi connectivity index (χ2v) is 9.52. The fraction of sp³-hybridized carbons (Fsp3) is 0.667. The molecule has 0 bridgehead atoms. The van der Waals surface area contributed by atoms with E-state index in [0.29, 0.717) is 42.7 Å². The van der Waals surface area contributed by atoms with Gasteiger partial charge in [-0.05, 0) is 43.6 Å². The first-order valence-electron chi connectivity index (χ1n) is 10.7. The van der Waals surface area contributed by atoms with Crippen molar-refractivity contribution in [2.45, 2.75) is 46.0 Å². The molecule has 166 valence electrons. The van der Waals surface area contributed by atoms with E-state index in [-0.39, 0.29) is 18.5 Å². The number of rotatable bonds is 6. The Balaban J connectivity index is 1.55. The number of carbonyl (C=O) groups excluding carboxylic acids is 3. The molecule has 1 aliphatic carbocycles. The highest BCUT2D eigenvalue weighted by Gasteiger charge is 2.26. The predicted molar refractivity (Wildman–Crippen MR) is 117 cm³/mol. The maximum Gasteiger partial charge on any atom is 0.409 e. The van der Waals surface area contributed by atoms with Crippen LogP contribution in [0.5, 0.6) is 0 Å². The summed E-state index contributed by atoms with van der Waals surface area (Å²) in [5, 5.41) is 3.49. The summed E-state index contributed by atoms with van der Waals surface area (Å²) in [4.78, 5) is 41.7. The first kappa shape index (κ1) is 22.6. The molecule has 1 aromatic heterocycles. The molecule has 1 aliphatic heterocycles. The smallest absolute Gasteiger partial charge is 0.409 e. The predicted octanol–water partition coefficient (Wildman–Crippen LogP) is 2.46. The molecular weight excluding hydrogens is 404 g/mol. The Labute approximate surface area is 181 Å². The lowest BCUT2D eigenvalue weighted by atomic mass is 9.95. The van der Waals surface area contributed by atoms with Crippen LogP contribution < -0.4 is 11.1 Å². The van der Waals surface area contributed by atoms with E-state index in [9.17, 15) is 14.4 Å². The minimum Gasteiger partial charge on any atom is -0.449 e. The number of fused-ring (bicyclic) bond motifs is 1. The SMILES string of the molecule is CC(C)COC(=O)N1CCCN(CC(=O)Nc2sc3c(c2C(N)=O)CCCC3)CC1. The molecule has 8 nitrogen and oxygen atoms in total. The third-order valence-corrected chi connectivity index (χ3v) is 6.63. The van der Waals surface area contributed by atoms with E-state index >= 15 is 0 Å². The average molecular weight is 437 g/mol. The Kier molecular flexibility index (Phi) is 7.71. The second-order valence-electron chi connectivity index (χ2n) is 8.41. The molecule has 0 atom stereocenters. The molecule has 30 heavy (non-hydrogen) atoms. The van der Waals surface area contributed by atoms with Gasteiger partial charge in [0.2, 0.25) is 5.91 Å². The number of nitrogens with zero attached hydrogens (tertiary/aromatic N) is 2. The Morgan fingerprint density at radius 2 is 1.87 bits per heavy atom. The third kappa shape index (κ3) is 5.72. The molecule has 3 rings (SSSR count). The number of hydrogen-bond donors (Lipinski definition) is 2. The third-order valence-electron chi connectivity index (χ3n) is 5.42. The van der Waals surface area contributed by atoms with Crippen molar-refractivity contribution in [2.75, 3.05) is 44.6 Å². The van der Waals surface area contributed by atoms with Gasteiger partial charge < -0.3 is 20.7 Å². The molecular formula is C21H32N4O4S. The van der Waals surface area contributed by atoms with Crippen LogP contribution in [0, 0.1) is 5.92 Å². The van der Waals surface area contributed by atoms with E-state index in [1.807, 2.05) is 18.7 Å². The quantitative estimate of drug-likeness (QED) is 0.713. The fourth-order valence-corrected chi connectivity index (χ4v) is 5.24. The van der Waals surface area contributed by atoms with Gasteiger partial charge in [-0.3, -0.25) is 14.5 Å². The maximum atomic E-state index is 12.7. The minimum atomic E-state index is -0.477. The average Bonchev–Trinajstić information content (AvgIpc) is 2.89. The molecule has 1 saturated heterocycles. The number of carbonyl (C=O) groups is 3. The highest BCUT2D eigenvalue weighted by molar-refractivity contribution is 7.17. The second kappa shape index (κ2) is 10.3. The van der Waals surface area contributed by atoms with Crippen molar-refractivity contribution in [1.29, 1.82) is 0 Å².